The van der Waals surface area contributed by atoms with Crippen molar-refractivity contribution in [2.24, 2.45) is 0 Å². The van der Waals surface area contributed by atoms with Gasteiger partial charge in [-0.1, -0.05) is 32.6 Å². The zero-order valence-corrected chi connectivity index (χ0v) is 12.0. The molecule has 0 aliphatic heterocycles. The van der Waals surface area contributed by atoms with Crippen molar-refractivity contribution in [2.75, 3.05) is 18.5 Å². The van der Waals surface area contributed by atoms with E-state index in [0.29, 0.717) is 24.6 Å². The topological polar surface area (TPSA) is 38.3 Å². The number of ether oxygens (including phenoxy) is 1. The first kappa shape index (κ1) is 15.3. The summed E-state index contributed by atoms with van der Waals surface area (Å²) in [6.07, 6.45) is 1.14. The van der Waals surface area contributed by atoms with Crippen LogP contribution in [-0.2, 0) is 9.53 Å². The lowest BCUT2D eigenvalue weighted by atomic mass is 9.99. The third-order valence-electron chi connectivity index (χ3n) is 3.10. The van der Waals surface area contributed by atoms with Crippen molar-refractivity contribution in [3.63, 3.8) is 0 Å². The van der Waals surface area contributed by atoms with Crippen molar-refractivity contribution in [3.8, 4) is 0 Å². The molecule has 19 heavy (non-hydrogen) atoms. The molecule has 1 atom stereocenters. The lowest BCUT2D eigenvalue weighted by molar-refractivity contribution is -0.138. The molecule has 0 saturated heterocycles. The summed E-state index contributed by atoms with van der Waals surface area (Å²) >= 11 is 0. The first-order valence-electron chi connectivity index (χ1n) is 6.71. The van der Waals surface area contributed by atoms with Crippen molar-refractivity contribution in [1.82, 2.24) is 0 Å². The molecule has 1 unspecified atom stereocenters. The Bertz CT molecular complexity index is 423. The molecule has 0 aliphatic rings. The number of rotatable bonds is 7. The summed E-state index contributed by atoms with van der Waals surface area (Å²) in [6, 6.07) is 8.39. The molecule has 0 amide bonds. The fraction of sp³-hybridized carbons (Fsp3) is 0.438. The average molecular weight is 261 g/mol. The van der Waals surface area contributed by atoms with E-state index < -0.39 is 0 Å². The Balaban J connectivity index is 2.34. The van der Waals surface area contributed by atoms with Crippen molar-refractivity contribution in [3.05, 3.63) is 42.0 Å². The molecule has 0 aromatic heterocycles. The Morgan fingerprint density at radius 3 is 2.53 bits per heavy atom. The van der Waals surface area contributed by atoms with Crippen molar-refractivity contribution < 1.29 is 9.53 Å². The van der Waals surface area contributed by atoms with Gasteiger partial charge in [0.25, 0.3) is 0 Å². The second-order valence-corrected chi connectivity index (χ2v) is 4.77. The van der Waals surface area contributed by atoms with Crippen LogP contribution in [0.1, 0.15) is 38.7 Å². The normalized spacial score (nSPS) is 11.7. The van der Waals surface area contributed by atoms with Crippen LogP contribution in [-0.4, -0.2) is 19.1 Å². The second kappa shape index (κ2) is 7.62. The predicted octanol–water partition coefficient (Wildman–Crippen LogP) is 3.73. The standard InChI is InChI=1S/C16H23NO2/c1-5-13(4)14-6-8-15(9-7-14)17-10-11-19-16(18)12(2)3/h6-9,13,17H,2,5,10-11H2,1,3-4H3. The number of anilines is 1. The van der Waals surface area contributed by atoms with E-state index in [2.05, 4.69) is 50.0 Å². The Labute approximate surface area is 115 Å². The van der Waals surface area contributed by atoms with Crippen LogP contribution < -0.4 is 5.32 Å². The summed E-state index contributed by atoms with van der Waals surface area (Å²) in [7, 11) is 0. The van der Waals surface area contributed by atoms with Gasteiger partial charge in [-0.15, -0.1) is 0 Å². The van der Waals surface area contributed by atoms with Gasteiger partial charge in [-0.05, 0) is 37.0 Å². The molecule has 1 aromatic rings. The first-order valence-corrected chi connectivity index (χ1v) is 6.71. The first-order chi connectivity index (χ1) is 9.04. The molecule has 0 heterocycles. The van der Waals surface area contributed by atoms with Gasteiger partial charge in [-0.2, -0.15) is 0 Å². The monoisotopic (exact) mass is 261 g/mol. The van der Waals surface area contributed by atoms with Crippen LogP contribution >= 0.6 is 0 Å². The van der Waals surface area contributed by atoms with Gasteiger partial charge in [0.1, 0.15) is 6.61 Å². The van der Waals surface area contributed by atoms with Crippen LogP contribution in [0.3, 0.4) is 0 Å². The average Bonchev–Trinajstić information content (AvgIpc) is 2.43. The van der Waals surface area contributed by atoms with E-state index in [1.54, 1.807) is 6.92 Å². The fourth-order valence-electron chi connectivity index (χ4n) is 1.63. The summed E-state index contributed by atoms with van der Waals surface area (Å²) in [6.45, 7) is 10.5. The molecule has 0 radical (unpaired) electrons. The number of benzene rings is 1. The molecule has 1 aromatic carbocycles. The third kappa shape index (κ3) is 5.16. The van der Waals surface area contributed by atoms with Gasteiger partial charge >= 0.3 is 5.97 Å². The molecular weight excluding hydrogens is 238 g/mol. The fourth-order valence-corrected chi connectivity index (χ4v) is 1.63. The molecule has 0 fully saturated rings. The minimum atomic E-state index is -0.339. The van der Waals surface area contributed by atoms with Gasteiger partial charge in [-0.25, -0.2) is 4.79 Å². The highest BCUT2D eigenvalue weighted by molar-refractivity contribution is 5.86. The maximum absolute atomic E-state index is 11.2. The molecule has 0 spiro atoms. The van der Waals surface area contributed by atoms with Crippen molar-refractivity contribution in [2.45, 2.75) is 33.1 Å². The Morgan fingerprint density at radius 2 is 2.00 bits per heavy atom. The van der Waals surface area contributed by atoms with Crippen LogP contribution in [0.2, 0.25) is 0 Å². The Hall–Kier alpha value is -1.77. The van der Waals surface area contributed by atoms with Gasteiger partial charge in [0.15, 0.2) is 0 Å². The van der Waals surface area contributed by atoms with Crippen LogP contribution in [0.5, 0.6) is 0 Å². The van der Waals surface area contributed by atoms with E-state index >= 15 is 0 Å². The molecule has 0 saturated carbocycles. The number of hydrogen-bond acceptors (Lipinski definition) is 3. The second-order valence-electron chi connectivity index (χ2n) is 4.77. The lowest BCUT2D eigenvalue weighted by Crippen LogP contribution is -2.14. The summed E-state index contributed by atoms with van der Waals surface area (Å²) in [4.78, 5) is 11.2. The molecule has 104 valence electrons. The van der Waals surface area contributed by atoms with E-state index in [1.165, 1.54) is 5.56 Å². The number of hydrogen-bond donors (Lipinski definition) is 1. The molecule has 3 nitrogen and oxygen atoms in total. The maximum atomic E-state index is 11.2. The number of carbonyl (C=O) groups is 1. The van der Waals surface area contributed by atoms with E-state index in [0.717, 1.165) is 12.1 Å². The van der Waals surface area contributed by atoms with Crippen LogP contribution in [0.25, 0.3) is 0 Å². The Morgan fingerprint density at radius 1 is 1.37 bits per heavy atom. The number of nitrogens with one attached hydrogen (secondary N) is 1. The van der Waals surface area contributed by atoms with Gasteiger partial charge in [0.2, 0.25) is 0 Å². The predicted molar refractivity (Wildman–Crippen MR) is 79.4 cm³/mol. The number of esters is 1. The van der Waals surface area contributed by atoms with Gasteiger partial charge in [0, 0.05) is 17.8 Å². The van der Waals surface area contributed by atoms with Crippen LogP contribution in [0.15, 0.2) is 36.4 Å². The molecule has 1 rings (SSSR count). The lowest BCUT2D eigenvalue weighted by Gasteiger charge is -2.11. The molecule has 0 bridgehead atoms. The minimum Gasteiger partial charge on any atom is -0.460 e. The highest BCUT2D eigenvalue weighted by atomic mass is 16.5. The van der Waals surface area contributed by atoms with E-state index in [4.69, 9.17) is 4.74 Å². The Kier molecular flexibility index (Phi) is 6.13. The zero-order valence-electron chi connectivity index (χ0n) is 12.0. The molecule has 0 aliphatic carbocycles. The minimum absolute atomic E-state index is 0.339. The summed E-state index contributed by atoms with van der Waals surface area (Å²) in [5.74, 6) is 0.250. The summed E-state index contributed by atoms with van der Waals surface area (Å²) in [5, 5.41) is 3.22. The van der Waals surface area contributed by atoms with Crippen LogP contribution in [0.4, 0.5) is 5.69 Å². The summed E-state index contributed by atoms with van der Waals surface area (Å²) in [5.41, 5.74) is 2.82. The van der Waals surface area contributed by atoms with Gasteiger partial charge in [-0.3, -0.25) is 0 Å². The van der Waals surface area contributed by atoms with E-state index in [9.17, 15) is 4.79 Å². The highest BCUT2D eigenvalue weighted by Gasteiger charge is 2.03. The molecule has 3 heteroatoms. The van der Waals surface area contributed by atoms with Crippen molar-refractivity contribution in [1.29, 1.82) is 0 Å². The van der Waals surface area contributed by atoms with Crippen molar-refractivity contribution >= 4 is 11.7 Å². The molecule has 1 N–H and O–H groups in total. The van der Waals surface area contributed by atoms with E-state index in [1.807, 2.05) is 0 Å². The van der Waals surface area contributed by atoms with Crippen LogP contribution in [0, 0.1) is 0 Å². The number of carbonyl (C=O) groups excluding carboxylic acids is 1. The largest absolute Gasteiger partial charge is 0.460 e. The van der Waals surface area contributed by atoms with E-state index in [-0.39, 0.29) is 5.97 Å². The highest BCUT2D eigenvalue weighted by Crippen LogP contribution is 2.20. The maximum Gasteiger partial charge on any atom is 0.333 e. The third-order valence-corrected chi connectivity index (χ3v) is 3.10. The smallest absolute Gasteiger partial charge is 0.333 e. The quantitative estimate of drug-likeness (QED) is 0.462. The van der Waals surface area contributed by atoms with Gasteiger partial charge < -0.3 is 10.1 Å². The summed E-state index contributed by atoms with van der Waals surface area (Å²) < 4.78 is 5.00. The molecular formula is C16H23NO2. The zero-order chi connectivity index (χ0) is 14.3. The SMILES string of the molecule is C=C(C)C(=O)OCCNc1ccc(C(C)CC)cc1. The van der Waals surface area contributed by atoms with Gasteiger partial charge in [0.05, 0.1) is 0 Å².